The summed E-state index contributed by atoms with van der Waals surface area (Å²) in [6.07, 6.45) is 2.62. The molecule has 0 aliphatic heterocycles. The molecule has 0 aliphatic rings. The van der Waals surface area contributed by atoms with Crippen LogP contribution in [0.4, 0.5) is 0 Å². The van der Waals surface area contributed by atoms with Crippen LogP contribution in [0.3, 0.4) is 0 Å². The summed E-state index contributed by atoms with van der Waals surface area (Å²) in [5.74, 6) is 0. The van der Waals surface area contributed by atoms with Crippen molar-refractivity contribution >= 4 is 0 Å². The van der Waals surface area contributed by atoms with E-state index >= 15 is 0 Å². The molecule has 0 heterocycles. The fourth-order valence-corrected chi connectivity index (χ4v) is 0.818. The summed E-state index contributed by atoms with van der Waals surface area (Å²) in [6.45, 7) is 6.64. The fraction of sp³-hybridized carbons (Fsp3) is 0.167. The number of benzene rings is 1. The van der Waals surface area contributed by atoms with Crippen LogP contribution in [-0.2, 0) is 18.0 Å². The second-order valence-electron chi connectivity index (χ2n) is 2.60. The molecule has 82 valence electrons. The van der Waals surface area contributed by atoms with E-state index in [1.54, 1.807) is 24.3 Å². The van der Waals surface area contributed by atoms with Gasteiger partial charge in [-0.15, -0.1) is 0 Å². The van der Waals surface area contributed by atoms with Crippen molar-refractivity contribution in [3.63, 3.8) is 0 Å². The van der Waals surface area contributed by atoms with Crippen LogP contribution >= 0.6 is 0 Å². The van der Waals surface area contributed by atoms with Crippen LogP contribution in [0.1, 0.15) is 11.1 Å². The Balaban J connectivity index is 0.000000336. The fourth-order valence-electron chi connectivity index (χ4n) is 0.818. The third-order valence-corrected chi connectivity index (χ3v) is 1.58. The van der Waals surface area contributed by atoms with E-state index in [0.717, 1.165) is 11.1 Å². The lowest BCUT2D eigenvalue weighted by molar-refractivity contribution is 0.278. The maximum atomic E-state index is 8.64. The van der Waals surface area contributed by atoms with Crippen molar-refractivity contribution in [1.29, 1.82) is 0 Å². The number of aliphatic hydroxyl groups excluding tert-OH is 2. The van der Waals surface area contributed by atoms with E-state index in [4.69, 9.17) is 10.2 Å². The molecule has 0 aromatic heterocycles. The maximum absolute atomic E-state index is 8.64. The summed E-state index contributed by atoms with van der Waals surface area (Å²) in [4.78, 5) is 0. The van der Waals surface area contributed by atoms with Gasteiger partial charge in [0.2, 0.25) is 0 Å². The van der Waals surface area contributed by atoms with E-state index in [9.17, 15) is 0 Å². The standard InChI is InChI=1S/C8H10O2.C4H6O/c9-5-7-1-2-8(6-10)4-3-7;1-3-5-4-2/h1-4,9-10H,5-6H2;3-4H,1-2H2. The zero-order chi connectivity index (χ0) is 11.5. The summed E-state index contributed by atoms with van der Waals surface area (Å²) in [5.41, 5.74) is 1.74. The first-order chi connectivity index (χ1) is 7.28. The molecule has 0 amide bonds. The van der Waals surface area contributed by atoms with Gasteiger partial charge in [0.15, 0.2) is 0 Å². The lowest BCUT2D eigenvalue weighted by atomic mass is 10.1. The molecule has 2 N–H and O–H groups in total. The highest BCUT2D eigenvalue weighted by Crippen LogP contribution is 2.03. The molecule has 0 unspecified atom stereocenters. The van der Waals surface area contributed by atoms with E-state index in [0.29, 0.717) is 0 Å². The molecular weight excluding hydrogens is 192 g/mol. The van der Waals surface area contributed by atoms with Crippen LogP contribution < -0.4 is 0 Å². The minimum absolute atomic E-state index is 0.0612. The molecule has 0 fully saturated rings. The van der Waals surface area contributed by atoms with Crippen molar-refractivity contribution < 1.29 is 14.9 Å². The van der Waals surface area contributed by atoms with Crippen LogP contribution in [0, 0.1) is 0 Å². The number of hydrogen-bond acceptors (Lipinski definition) is 3. The molecule has 0 saturated carbocycles. The highest BCUT2D eigenvalue weighted by molar-refractivity contribution is 5.21. The monoisotopic (exact) mass is 208 g/mol. The minimum Gasteiger partial charge on any atom is -0.474 e. The van der Waals surface area contributed by atoms with Crippen molar-refractivity contribution in [1.82, 2.24) is 0 Å². The molecule has 1 rings (SSSR count). The molecule has 0 aliphatic carbocycles. The van der Waals surface area contributed by atoms with Crippen LogP contribution in [-0.4, -0.2) is 10.2 Å². The van der Waals surface area contributed by atoms with Gasteiger partial charge in [-0.25, -0.2) is 0 Å². The average molecular weight is 208 g/mol. The number of ether oxygens (including phenoxy) is 1. The second kappa shape index (κ2) is 8.99. The minimum atomic E-state index is 0.0612. The highest BCUT2D eigenvalue weighted by Gasteiger charge is 1.89. The highest BCUT2D eigenvalue weighted by atomic mass is 16.5. The predicted molar refractivity (Wildman–Crippen MR) is 59.8 cm³/mol. The van der Waals surface area contributed by atoms with Crippen LogP contribution in [0.15, 0.2) is 49.9 Å². The van der Waals surface area contributed by atoms with Crippen LogP contribution in [0.5, 0.6) is 0 Å². The number of aliphatic hydroxyl groups is 2. The molecular formula is C12H16O3. The van der Waals surface area contributed by atoms with Gasteiger partial charge in [0.25, 0.3) is 0 Å². The molecule has 3 heteroatoms. The largest absolute Gasteiger partial charge is 0.474 e. The van der Waals surface area contributed by atoms with Gasteiger partial charge in [-0.2, -0.15) is 0 Å². The Labute approximate surface area is 89.9 Å². The number of rotatable bonds is 4. The van der Waals surface area contributed by atoms with Crippen molar-refractivity contribution in [2.45, 2.75) is 13.2 Å². The Hall–Kier alpha value is -1.58. The third kappa shape index (κ3) is 6.49. The lowest BCUT2D eigenvalue weighted by Crippen LogP contribution is -1.85. The van der Waals surface area contributed by atoms with Crippen LogP contribution in [0.25, 0.3) is 0 Å². The summed E-state index contributed by atoms with van der Waals surface area (Å²) in [6, 6.07) is 7.19. The van der Waals surface area contributed by atoms with E-state index in [1.807, 2.05) is 0 Å². The second-order valence-corrected chi connectivity index (χ2v) is 2.60. The first kappa shape index (κ1) is 13.4. The molecule has 0 bridgehead atoms. The molecule has 0 atom stereocenters. The average Bonchev–Trinajstić information content (AvgIpc) is 2.31. The van der Waals surface area contributed by atoms with Crippen molar-refractivity contribution in [2.24, 2.45) is 0 Å². The van der Waals surface area contributed by atoms with E-state index in [1.165, 1.54) is 12.5 Å². The first-order valence-corrected chi connectivity index (χ1v) is 4.45. The summed E-state index contributed by atoms with van der Waals surface area (Å²) >= 11 is 0. The normalized spacial score (nSPS) is 8.40. The zero-order valence-corrected chi connectivity index (χ0v) is 8.60. The third-order valence-electron chi connectivity index (χ3n) is 1.58. The van der Waals surface area contributed by atoms with Gasteiger partial charge in [0.1, 0.15) is 0 Å². The van der Waals surface area contributed by atoms with Gasteiger partial charge in [0, 0.05) is 0 Å². The van der Waals surface area contributed by atoms with Crippen molar-refractivity contribution in [2.75, 3.05) is 0 Å². The molecule has 15 heavy (non-hydrogen) atoms. The van der Waals surface area contributed by atoms with Gasteiger partial charge >= 0.3 is 0 Å². The van der Waals surface area contributed by atoms with Gasteiger partial charge in [-0.05, 0) is 11.1 Å². The summed E-state index contributed by atoms with van der Waals surface area (Å²) in [5, 5.41) is 17.3. The Morgan fingerprint density at radius 2 is 1.27 bits per heavy atom. The summed E-state index contributed by atoms with van der Waals surface area (Å²) in [7, 11) is 0. The molecule has 1 aromatic carbocycles. The topological polar surface area (TPSA) is 49.7 Å². The van der Waals surface area contributed by atoms with Gasteiger partial charge in [-0.1, -0.05) is 37.4 Å². The van der Waals surface area contributed by atoms with Crippen molar-refractivity contribution in [3.05, 3.63) is 61.1 Å². The molecule has 0 spiro atoms. The lowest BCUT2D eigenvalue weighted by Gasteiger charge is -1.96. The Morgan fingerprint density at radius 3 is 1.40 bits per heavy atom. The molecule has 0 radical (unpaired) electrons. The quantitative estimate of drug-likeness (QED) is 0.744. The first-order valence-electron chi connectivity index (χ1n) is 4.45. The Bertz CT molecular complexity index is 248. The maximum Gasteiger partial charge on any atom is 0.0829 e. The predicted octanol–water partition coefficient (Wildman–Crippen LogP) is 1.96. The SMILES string of the molecule is C=COC=C.OCc1ccc(CO)cc1. The molecule has 3 nitrogen and oxygen atoms in total. The smallest absolute Gasteiger partial charge is 0.0829 e. The van der Waals surface area contributed by atoms with E-state index in [2.05, 4.69) is 17.9 Å². The van der Waals surface area contributed by atoms with Crippen molar-refractivity contribution in [3.8, 4) is 0 Å². The Kier molecular flexibility index (Phi) is 8.05. The van der Waals surface area contributed by atoms with Gasteiger partial charge in [0.05, 0.1) is 25.7 Å². The van der Waals surface area contributed by atoms with Crippen LogP contribution in [0.2, 0.25) is 0 Å². The molecule has 1 aromatic rings. The number of hydrogen-bond donors (Lipinski definition) is 2. The summed E-state index contributed by atoms with van der Waals surface area (Å²) < 4.78 is 4.36. The Morgan fingerprint density at radius 1 is 0.933 bits per heavy atom. The van der Waals surface area contributed by atoms with Gasteiger partial charge < -0.3 is 14.9 Å². The molecule has 0 saturated heterocycles. The van der Waals surface area contributed by atoms with Gasteiger partial charge in [-0.3, -0.25) is 0 Å². The van der Waals surface area contributed by atoms with E-state index < -0.39 is 0 Å². The van der Waals surface area contributed by atoms with E-state index in [-0.39, 0.29) is 13.2 Å². The zero-order valence-electron chi connectivity index (χ0n) is 8.60.